The number of thioether (sulfide) groups is 1. The van der Waals surface area contributed by atoms with E-state index in [4.69, 9.17) is 23.2 Å². The van der Waals surface area contributed by atoms with Crippen LogP contribution in [-0.4, -0.2) is 23.0 Å². The maximum absolute atomic E-state index is 13.2. The number of carbonyl (C=O) groups is 3. The molecule has 3 aromatic carbocycles. The Morgan fingerprint density at radius 2 is 1.72 bits per heavy atom. The van der Waals surface area contributed by atoms with Gasteiger partial charge in [0.25, 0.3) is 11.8 Å². The van der Waals surface area contributed by atoms with Gasteiger partial charge < -0.3 is 16.0 Å². The Bertz CT molecular complexity index is 1510. The Hall–Kier alpha value is -3.56. The molecule has 198 valence electrons. The Morgan fingerprint density at radius 3 is 2.44 bits per heavy atom. The SMILES string of the molecule is CC(Sc1cccc(NC(=O)/C(=C/c2ccsc2)NC(=O)c2ccccc2)c1)C(=O)Nc1ccc(Cl)cc1Cl. The molecule has 0 aliphatic rings. The number of hydrogen-bond acceptors (Lipinski definition) is 5. The molecule has 0 saturated heterocycles. The molecule has 1 unspecified atom stereocenters. The minimum Gasteiger partial charge on any atom is -0.324 e. The van der Waals surface area contributed by atoms with Gasteiger partial charge in [0.05, 0.1) is 16.0 Å². The summed E-state index contributed by atoms with van der Waals surface area (Å²) in [6.07, 6.45) is 1.62. The monoisotopic (exact) mass is 595 g/mol. The predicted octanol–water partition coefficient (Wildman–Crippen LogP) is 7.58. The van der Waals surface area contributed by atoms with Gasteiger partial charge in [0.1, 0.15) is 5.70 Å². The normalized spacial score (nSPS) is 11.9. The van der Waals surface area contributed by atoms with Crippen LogP contribution in [0.2, 0.25) is 10.0 Å². The maximum atomic E-state index is 13.2. The Kier molecular flexibility index (Phi) is 9.84. The summed E-state index contributed by atoms with van der Waals surface area (Å²) < 4.78 is 0. The molecule has 39 heavy (non-hydrogen) atoms. The second-order valence-corrected chi connectivity index (χ2v) is 11.3. The third kappa shape index (κ3) is 8.21. The van der Waals surface area contributed by atoms with Crippen molar-refractivity contribution in [2.75, 3.05) is 10.6 Å². The summed E-state index contributed by atoms with van der Waals surface area (Å²) >= 11 is 14.9. The summed E-state index contributed by atoms with van der Waals surface area (Å²) in [6.45, 7) is 1.77. The third-order valence-electron chi connectivity index (χ3n) is 5.35. The number of nitrogens with one attached hydrogen (secondary N) is 3. The second kappa shape index (κ2) is 13.5. The molecule has 1 atom stereocenters. The lowest BCUT2D eigenvalue weighted by Gasteiger charge is -2.14. The highest BCUT2D eigenvalue weighted by Gasteiger charge is 2.18. The first-order valence-corrected chi connectivity index (χ1v) is 14.3. The van der Waals surface area contributed by atoms with E-state index in [1.807, 2.05) is 29.0 Å². The highest BCUT2D eigenvalue weighted by Crippen LogP contribution is 2.29. The average Bonchev–Trinajstić information content (AvgIpc) is 3.43. The first-order valence-electron chi connectivity index (χ1n) is 11.7. The number of hydrogen-bond donors (Lipinski definition) is 3. The Balaban J connectivity index is 1.44. The van der Waals surface area contributed by atoms with Crippen molar-refractivity contribution < 1.29 is 14.4 Å². The Morgan fingerprint density at radius 1 is 0.923 bits per heavy atom. The molecule has 0 spiro atoms. The van der Waals surface area contributed by atoms with Crippen molar-refractivity contribution in [3.05, 3.63) is 116 Å². The van der Waals surface area contributed by atoms with Crippen molar-refractivity contribution >= 4 is 81.5 Å². The molecule has 4 rings (SSSR count). The first-order chi connectivity index (χ1) is 18.8. The summed E-state index contributed by atoms with van der Waals surface area (Å²) in [4.78, 5) is 39.5. The van der Waals surface area contributed by atoms with E-state index in [0.29, 0.717) is 27.0 Å². The number of thiophene rings is 1. The van der Waals surface area contributed by atoms with Gasteiger partial charge in [-0.05, 0) is 83.9 Å². The summed E-state index contributed by atoms with van der Waals surface area (Å²) in [5.74, 6) is -1.10. The van der Waals surface area contributed by atoms with Crippen LogP contribution in [-0.2, 0) is 9.59 Å². The lowest BCUT2D eigenvalue weighted by atomic mass is 10.2. The number of benzene rings is 3. The van der Waals surface area contributed by atoms with Gasteiger partial charge in [-0.2, -0.15) is 11.3 Å². The highest BCUT2D eigenvalue weighted by atomic mass is 35.5. The molecule has 0 saturated carbocycles. The summed E-state index contributed by atoms with van der Waals surface area (Å²) in [6, 6.07) is 22.5. The molecule has 0 radical (unpaired) electrons. The number of anilines is 2. The van der Waals surface area contributed by atoms with E-state index in [1.54, 1.807) is 73.7 Å². The fourth-order valence-electron chi connectivity index (χ4n) is 3.39. The standard InChI is InChI=1S/C29H23Cl2N3O3S2/c1-18(27(35)33-25-11-10-21(30)15-24(25)31)39-23-9-5-8-22(16-23)32-29(37)26(14-19-12-13-38-17-19)34-28(36)20-6-3-2-4-7-20/h2-18H,1H3,(H,32,37)(H,33,35)(H,34,36)/b26-14-. The number of rotatable bonds is 9. The maximum Gasteiger partial charge on any atom is 0.272 e. The van der Waals surface area contributed by atoms with Crippen LogP contribution in [0.25, 0.3) is 6.08 Å². The molecule has 6 nitrogen and oxygen atoms in total. The third-order valence-corrected chi connectivity index (χ3v) is 7.69. The fourth-order valence-corrected chi connectivity index (χ4v) is 5.39. The minimum atomic E-state index is -0.476. The lowest BCUT2D eigenvalue weighted by Crippen LogP contribution is -2.30. The summed E-state index contributed by atoms with van der Waals surface area (Å²) in [5, 5.41) is 12.5. The van der Waals surface area contributed by atoms with Gasteiger partial charge in [-0.3, -0.25) is 14.4 Å². The molecule has 4 aromatic rings. The van der Waals surface area contributed by atoms with Crippen LogP contribution in [0.3, 0.4) is 0 Å². The molecule has 0 bridgehead atoms. The number of carbonyl (C=O) groups excluding carboxylic acids is 3. The van der Waals surface area contributed by atoms with Gasteiger partial charge in [-0.15, -0.1) is 11.8 Å². The molecule has 1 heterocycles. The van der Waals surface area contributed by atoms with E-state index in [9.17, 15) is 14.4 Å². The van der Waals surface area contributed by atoms with Crippen molar-refractivity contribution in [2.24, 2.45) is 0 Å². The zero-order valence-corrected chi connectivity index (χ0v) is 23.8. The van der Waals surface area contributed by atoms with Gasteiger partial charge in [0.15, 0.2) is 0 Å². The quantitative estimate of drug-likeness (QED) is 0.137. The van der Waals surface area contributed by atoms with Gasteiger partial charge in [0, 0.05) is 21.2 Å². The molecule has 1 aromatic heterocycles. The molecule has 3 amide bonds. The van der Waals surface area contributed by atoms with E-state index in [-0.39, 0.29) is 11.6 Å². The van der Waals surface area contributed by atoms with E-state index >= 15 is 0 Å². The second-order valence-electron chi connectivity index (χ2n) is 8.29. The van der Waals surface area contributed by atoms with E-state index in [2.05, 4.69) is 16.0 Å². The fraction of sp³-hybridized carbons (Fsp3) is 0.0690. The summed E-state index contributed by atoms with van der Waals surface area (Å²) in [7, 11) is 0. The highest BCUT2D eigenvalue weighted by molar-refractivity contribution is 8.00. The van der Waals surface area contributed by atoms with E-state index in [0.717, 1.165) is 10.5 Å². The largest absolute Gasteiger partial charge is 0.324 e. The van der Waals surface area contributed by atoms with Gasteiger partial charge in [-0.25, -0.2) is 0 Å². The van der Waals surface area contributed by atoms with E-state index in [1.165, 1.54) is 23.1 Å². The predicted molar refractivity (Wildman–Crippen MR) is 162 cm³/mol. The van der Waals surface area contributed by atoms with Crippen molar-refractivity contribution in [1.82, 2.24) is 5.32 Å². The van der Waals surface area contributed by atoms with Crippen LogP contribution in [0.5, 0.6) is 0 Å². The van der Waals surface area contributed by atoms with Gasteiger partial charge in [-0.1, -0.05) is 47.5 Å². The molecule has 10 heteroatoms. The molecule has 0 aliphatic carbocycles. The van der Waals surface area contributed by atoms with Crippen LogP contribution in [0, 0.1) is 0 Å². The van der Waals surface area contributed by atoms with Crippen molar-refractivity contribution in [3.63, 3.8) is 0 Å². The molecule has 0 fully saturated rings. The van der Waals surface area contributed by atoms with Crippen molar-refractivity contribution in [3.8, 4) is 0 Å². The van der Waals surface area contributed by atoms with Crippen LogP contribution >= 0.6 is 46.3 Å². The first kappa shape index (κ1) is 28.4. The number of amides is 3. The van der Waals surface area contributed by atoms with Crippen molar-refractivity contribution in [1.29, 1.82) is 0 Å². The molecule has 0 aliphatic heterocycles. The van der Waals surface area contributed by atoms with Gasteiger partial charge in [0.2, 0.25) is 5.91 Å². The number of halogens is 2. The zero-order valence-electron chi connectivity index (χ0n) is 20.6. The van der Waals surface area contributed by atoms with Crippen LogP contribution < -0.4 is 16.0 Å². The van der Waals surface area contributed by atoms with E-state index < -0.39 is 17.1 Å². The zero-order chi connectivity index (χ0) is 27.8. The molecule has 3 N–H and O–H groups in total. The van der Waals surface area contributed by atoms with Crippen molar-refractivity contribution in [2.45, 2.75) is 17.1 Å². The van der Waals surface area contributed by atoms with Crippen LogP contribution in [0.4, 0.5) is 11.4 Å². The smallest absolute Gasteiger partial charge is 0.272 e. The van der Waals surface area contributed by atoms with Crippen LogP contribution in [0.1, 0.15) is 22.8 Å². The minimum absolute atomic E-state index is 0.105. The summed E-state index contributed by atoms with van der Waals surface area (Å²) in [5.41, 5.74) is 2.33. The van der Waals surface area contributed by atoms with Crippen LogP contribution in [0.15, 0.2) is 100 Å². The Labute approximate surface area is 244 Å². The topological polar surface area (TPSA) is 87.3 Å². The average molecular weight is 597 g/mol. The molecular weight excluding hydrogens is 573 g/mol. The lowest BCUT2D eigenvalue weighted by molar-refractivity contribution is -0.115. The molecular formula is C29H23Cl2N3O3S2. The van der Waals surface area contributed by atoms with Gasteiger partial charge >= 0.3 is 0 Å².